The van der Waals surface area contributed by atoms with E-state index in [0.717, 1.165) is 22.6 Å². The third-order valence-corrected chi connectivity index (χ3v) is 4.39. The summed E-state index contributed by atoms with van der Waals surface area (Å²) in [6, 6.07) is 9.33. The number of nitrogens with zero attached hydrogens (tertiary/aromatic N) is 1. The quantitative estimate of drug-likeness (QED) is 0.784. The van der Waals surface area contributed by atoms with Crippen LogP contribution >= 0.6 is 0 Å². The van der Waals surface area contributed by atoms with E-state index in [1.807, 2.05) is 6.92 Å². The van der Waals surface area contributed by atoms with Crippen molar-refractivity contribution in [2.75, 3.05) is 11.9 Å². The molecule has 28 heavy (non-hydrogen) atoms. The fraction of sp³-hybridized carbons (Fsp3) is 0.250. The number of benzene rings is 2. The summed E-state index contributed by atoms with van der Waals surface area (Å²) < 4.78 is 38.1. The Morgan fingerprint density at radius 3 is 2.46 bits per heavy atom. The molecule has 2 aromatic rings. The van der Waals surface area contributed by atoms with Crippen LogP contribution in [0.5, 0.6) is 0 Å². The first-order valence-corrected chi connectivity index (χ1v) is 8.61. The lowest BCUT2D eigenvalue weighted by molar-refractivity contribution is -0.137. The number of imide groups is 1. The van der Waals surface area contributed by atoms with E-state index < -0.39 is 29.5 Å². The van der Waals surface area contributed by atoms with Gasteiger partial charge in [0.05, 0.1) is 16.7 Å². The van der Waals surface area contributed by atoms with Crippen LogP contribution in [0, 0.1) is 6.92 Å². The highest BCUT2D eigenvalue weighted by atomic mass is 19.4. The lowest BCUT2D eigenvalue weighted by Gasteiger charge is -2.13. The molecule has 3 rings (SSSR count). The minimum absolute atomic E-state index is 0.0380. The van der Waals surface area contributed by atoms with Crippen molar-refractivity contribution in [1.82, 2.24) is 4.90 Å². The molecule has 0 aliphatic carbocycles. The predicted molar refractivity (Wildman–Crippen MR) is 95.9 cm³/mol. The number of rotatable bonds is 5. The summed E-state index contributed by atoms with van der Waals surface area (Å²) in [6.45, 7) is 1.88. The van der Waals surface area contributed by atoms with Crippen LogP contribution in [-0.2, 0) is 11.0 Å². The fourth-order valence-corrected chi connectivity index (χ4v) is 3.00. The summed E-state index contributed by atoms with van der Waals surface area (Å²) in [7, 11) is 0. The smallest absolute Gasteiger partial charge is 0.326 e. The summed E-state index contributed by atoms with van der Waals surface area (Å²) >= 11 is 0. The first-order chi connectivity index (χ1) is 13.2. The number of carbonyl (C=O) groups is 3. The second-order valence-electron chi connectivity index (χ2n) is 6.54. The Labute approximate surface area is 159 Å². The number of amides is 3. The molecule has 0 fully saturated rings. The van der Waals surface area contributed by atoms with Gasteiger partial charge in [0.25, 0.3) is 11.8 Å². The molecule has 3 amide bonds. The highest BCUT2D eigenvalue weighted by molar-refractivity contribution is 6.21. The van der Waals surface area contributed by atoms with E-state index in [2.05, 4.69) is 5.32 Å². The van der Waals surface area contributed by atoms with Gasteiger partial charge in [-0.05, 0) is 43.7 Å². The molecular formula is C20H17F3N2O3. The third-order valence-electron chi connectivity index (χ3n) is 4.39. The zero-order chi connectivity index (χ0) is 20.5. The molecule has 146 valence electrons. The van der Waals surface area contributed by atoms with Crippen molar-refractivity contribution in [3.63, 3.8) is 0 Å². The first-order valence-electron chi connectivity index (χ1n) is 8.61. The van der Waals surface area contributed by atoms with Gasteiger partial charge < -0.3 is 5.32 Å². The molecule has 0 saturated heterocycles. The molecule has 0 unspecified atom stereocenters. The van der Waals surface area contributed by atoms with Gasteiger partial charge in [0.2, 0.25) is 5.91 Å². The number of anilines is 1. The lowest BCUT2D eigenvalue weighted by atomic mass is 10.1. The molecule has 0 radical (unpaired) electrons. The highest BCUT2D eigenvalue weighted by Crippen LogP contribution is 2.30. The predicted octanol–water partition coefficient (Wildman–Crippen LogP) is 4.03. The number of hydrogen-bond donors (Lipinski definition) is 1. The second-order valence-corrected chi connectivity index (χ2v) is 6.54. The van der Waals surface area contributed by atoms with Gasteiger partial charge in [0.1, 0.15) is 0 Å². The topological polar surface area (TPSA) is 66.5 Å². The summed E-state index contributed by atoms with van der Waals surface area (Å²) in [4.78, 5) is 37.7. The molecule has 2 aromatic carbocycles. The van der Waals surface area contributed by atoms with Crippen LogP contribution in [0.4, 0.5) is 18.9 Å². The summed E-state index contributed by atoms with van der Waals surface area (Å²) in [6.07, 6.45) is -4.33. The molecule has 1 aliphatic rings. The Morgan fingerprint density at radius 1 is 1.04 bits per heavy atom. The second kappa shape index (κ2) is 7.46. The molecular weight excluding hydrogens is 373 g/mol. The number of hydrogen-bond acceptors (Lipinski definition) is 3. The molecule has 0 saturated carbocycles. The maximum atomic E-state index is 12.7. The molecule has 0 spiro atoms. The minimum Gasteiger partial charge on any atom is -0.326 e. The van der Waals surface area contributed by atoms with E-state index in [-0.39, 0.29) is 25.1 Å². The van der Waals surface area contributed by atoms with Crippen molar-refractivity contribution < 1.29 is 27.6 Å². The van der Waals surface area contributed by atoms with Crippen LogP contribution < -0.4 is 5.32 Å². The number of carbonyl (C=O) groups excluding carboxylic acids is 3. The van der Waals surface area contributed by atoms with E-state index in [1.54, 1.807) is 18.2 Å². The Morgan fingerprint density at radius 2 is 1.75 bits per heavy atom. The Bertz CT molecular complexity index is 954. The average Bonchev–Trinajstić information content (AvgIpc) is 2.85. The highest BCUT2D eigenvalue weighted by Gasteiger charge is 2.35. The van der Waals surface area contributed by atoms with Crippen molar-refractivity contribution in [3.8, 4) is 0 Å². The maximum absolute atomic E-state index is 12.7. The van der Waals surface area contributed by atoms with Gasteiger partial charge in [-0.3, -0.25) is 19.3 Å². The van der Waals surface area contributed by atoms with Crippen LogP contribution in [0.25, 0.3) is 0 Å². The molecule has 1 aliphatic heterocycles. The Balaban J connectivity index is 1.55. The van der Waals surface area contributed by atoms with Crippen LogP contribution in [0.15, 0.2) is 42.5 Å². The van der Waals surface area contributed by atoms with Gasteiger partial charge in [0, 0.05) is 18.7 Å². The lowest BCUT2D eigenvalue weighted by Crippen LogP contribution is -2.31. The standard InChI is InChI=1S/C20H17F3N2O3/c1-12-7-8-15-16(10-12)19(28)25(18(15)27)9-3-6-17(26)24-14-5-2-4-13(11-14)20(21,22)23/h2,4-5,7-8,10-11H,3,6,9H2,1H3,(H,24,26). The summed E-state index contributed by atoms with van der Waals surface area (Å²) in [5.74, 6) is -1.30. The molecule has 0 bridgehead atoms. The van der Waals surface area contributed by atoms with E-state index in [4.69, 9.17) is 0 Å². The number of halogens is 3. The van der Waals surface area contributed by atoms with Gasteiger partial charge in [-0.1, -0.05) is 17.7 Å². The van der Waals surface area contributed by atoms with E-state index in [0.29, 0.717) is 11.1 Å². The normalized spacial score (nSPS) is 13.6. The first kappa shape index (κ1) is 19.6. The number of aryl methyl sites for hydroxylation is 1. The molecule has 5 nitrogen and oxygen atoms in total. The monoisotopic (exact) mass is 390 g/mol. The van der Waals surface area contributed by atoms with Crippen LogP contribution in [-0.4, -0.2) is 29.2 Å². The maximum Gasteiger partial charge on any atom is 0.416 e. The number of fused-ring (bicyclic) bond motifs is 1. The summed E-state index contributed by atoms with van der Waals surface area (Å²) in [5.41, 5.74) is 0.729. The molecule has 1 N–H and O–H groups in total. The Kier molecular flexibility index (Phi) is 5.22. The van der Waals surface area contributed by atoms with Crippen LogP contribution in [0.3, 0.4) is 0 Å². The number of alkyl halides is 3. The van der Waals surface area contributed by atoms with Crippen LogP contribution in [0.2, 0.25) is 0 Å². The number of nitrogens with one attached hydrogen (secondary N) is 1. The third kappa shape index (κ3) is 4.05. The van der Waals surface area contributed by atoms with Crippen molar-refractivity contribution in [1.29, 1.82) is 0 Å². The van der Waals surface area contributed by atoms with E-state index in [1.165, 1.54) is 12.1 Å². The van der Waals surface area contributed by atoms with Crippen LogP contribution in [0.1, 0.15) is 44.7 Å². The van der Waals surface area contributed by atoms with Crippen molar-refractivity contribution in [3.05, 3.63) is 64.7 Å². The van der Waals surface area contributed by atoms with Gasteiger partial charge in [0.15, 0.2) is 0 Å². The van der Waals surface area contributed by atoms with E-state index in [9.17, 15) is 27.6 Å². The zero-order valence-corrected chi connectivity index (χ0v) is 15.0. The Hall–Kier alpha value is -3.16. The average molecular weight is 390 g/mol. The SMILES string of the molecule is Cc1ccc2c(c1)C(=O)N(CCCC(=O)Nc1cccc(C(F)(F)F)c1)C2=O. The molecule has 0 aromatic heterocycles. The van der Waals surface area contributed by atoms with E-state index >= 15 is 0 Å². The van der Waals surface area contributed by atoms with Crippen molar-refractivity contribution in [2.45, 2.75) is 25.9 Å². The molecule has 8 heteroatoms. The summed E-state index contributed by atoms with van der Waals surface area (Å²) in [5, 5.41) is 2.40. The van der Waals surface area contributed by atoms with Crippen molar-refractivity contribution >= 4 is 23.4 Å². The minimum atomic E-state index is -4.50. The zero-order valence-electron chi connectivity index (χ0n) is 15.0. The van der Waals surface area contributed by atoms with Gasteiger partial charge in [-0.15, -0.1) is 0 Å². The fourth-order valence-electron chi connectivity index (χ4n) is 3.00. The van der Waals surface area contributed by atoms with Crippen molar-refractivity contribution in [2.24, 2.45) is 0 Å². The van der Waals surface area contributed by atoms with Gasteiger partial charge in [-0.2, -0.15) is 13.2 Å². The molecule has 0 atom stereocenters. The van der Waals surface area contributed by atoms with Gasteiger partial charge in [-0.25, -0.2) is 0 Å². The largest absolute Gasteiger partial charge is 0.416 e. The van der Waals surface area contributed by atoms with Gasteiger partial charge >= 0.3 is 6.18 Å². The molecule has 1 heterocycles.